The van der Waals surface area contributed by atoms with E-state index < -0.39 is 16.8 Å². The van der Waals surface area contributed by atoms with E-state index in [0.717, 1.165) is 5.56 Å². The summed E-state index contributed by atoms with van der Waals surface area (Å²) in [5.41, 5.74) is 2.98. The fourth-order valence-electron chi connectivity index (χ4n) is 2.36. The molecule has 0 spiro atoms. The number of hydrogen-bond acceptors (Lipinski definition) is 3. The molecule has 22 heavy (non-hydrogen) atoms. The first-order valence-corrected chi connectivity index (χ1v) is 6.92. The zero-order chi connectivity index (χ0) is 16.3. The third-order valence-corrected chi connectivity index (χ3v) is 3.69. The van der Waals surface area contributed by atoms with Crippen LogP contribution in [-0.2, 0) is 11.2 Å². The molecule has 0 aliphatic heterocycles. The van der Waals surface area contributed by atoms with Gasteiger partial charge in [0.1, 0.15) is 0 Å². The molecule has 0 bridgehead atoms. The summed E-state index contributed by atoms with van der Waals surface area (Å²) in [5.74, 6) is -1.66. The zero-order valence-corrected chi connectivity index (χ0v) is 12.4. The number of aryl methyl sites for hydroxylation is 2. The second-order valence-corrected chi connectivity index (χ2v) is 5.38. The number of aliphatic carboxylic acids is 1. The molecule has 2 aromatic carbocycles. The molecule has 0 heterocycles. The van der Waals surface area contributed by atoms with Crippen molar-refractivity contribution in [3.63, 3.8) is 0 Å². The number of carboxylic acids is 1. The van der Waals surface area contributed by atoms with Crippen molar-refractivity contribution in [2.75, 3.05) is 0 Å². The largest absolute Gasteiger partial charge is 0.481 e. The van der Waals surface area contributed by atoms with E-state index in [-0.39, 0.29) is 12.1 Å². The lowest BCUT2D eigenvalue weighted by atomic mass is 9.91. The van der Waals surface area contributed by atoms with Crippen molar-refractivity contribution in [2.24, 2.45) is 0 Å². The molecule has 2 rings (SSSR count). The molecular formula is C17H17NO4. The lowest BCUT2D eigenvalue weighted by molar-refractivity contribution is -0.385. The van der Waals surface area contributed by atoms with Gasteiger partial charge >= 0.3 is 5.97 Å². The molecule has 5 heteroatoms. The molecule has 1 unspecified atom stereocenters. The Labute approximate surface area is 128 Å². The fourth-order valence-corrected chi connectivity index (χ4v) is 2.36. The number of hydrogen-bond donors (Lipinski definition) is 1. The van der Waals surface area contributed by atoms with Crippen LogP contribution >= 0.6 is 0 Å². The van der Waals surface area contributed by atoms with Crippen LogP contribution in [0.25, 0.3) is 0 Å². The first-order chi connectivity index (χ1) is 10.4. The lowest BCUT2D eigenvalue weighted by Crippen LogP contribution is -2.14. The van der Waals surface area contributed by atoms with Crippen LogP contribution < -0.4 is 0 Å². The van der Waals surface area contributed by atoms with Crippen LogP contribution in [0.5, 0.6) is 0 Å². The average molecular weight is 299 g/mol. The van der Waals surface area contributed by atoms with Crippen molar-refractivity contribution in [1.82, 2.24) is 0 Å². The Balaban J connectivity index is 2.32. The predicted octanol–water partition coefficient (Wildman–Crippen LogP) is 3.62. The molecule has 0 aromatic heterocycles. The minimum atomic E-state index is -0.938. The summed E-state index contributed by atoms with van der Waals surface area (Å²) in [4.78, 5) is 22.1. The van der Waals surface area contributed by atoms with E-state index >= 15 is 0 Å². The summed E-state index contributed by atoms with van der Waals surface area (Å²) in [6.45, 7) is 3.60. The molecule has 0 saturated carbocycles. The highest BCUT2D eigenvalue weighted by Gasteiger charge is 2.21. The van der Waals surface area contributed by atoms with Gasteiger partial charge in [-0.3, -0.25) is 14.9 Å². The average Bonchev–Trinajstić information content (AvgIpc) is 2.47. The second-order valence-electron chi connectivity index (χ2n) is 5.38. The molecule has 0 aliphatic rings. The highest BCUT2D eigenvalue weighted by Crippen LogP contribution is 2.25. The highest BCUT2D eigenvalue weighted by molar-refractivity contribution is 5.76. The van der Waals surface area contributed by atoms with Gasteiger partial charge in [0.05, 0.1) is 10.8 Å². The summed E-state index contributed by atoms with van der Waals surface area (Å²) < 4.78 is 0. The van der Waals surface area contributed by atoms with E-state index in [1.807, 2.05) is 19.1 Å². The van der Waals surface area contributed by atoms with Crippen molar-refractivity contribution in [1.29, 1.82) is 0 Å². The Morgan fingerprint density at radius 2 is 1.82 bits per heavy atom. The van der Waals surface area contributed by atoms with Gasteiger partial charge in [0.2, 0.25) is 0 Å². The van der Waals surface area contributed by atoms with Crippen molar-refractivity contribution in [2.45, 2.75) is 26.2 Å². The van der Waals surface area contributed by atoms with E-state index in [1.165, 1.54) is 6.07 Å². The Hall–Kier alpha value is -2.69. The molecule has 5 nitrogen and oxygen atoms in total. The Bertz CT molecular complexity index is 707. The van der Waals surface area contributed by atoms with Gasteiger partial charge in [0.25, 0.3) is 5.69 Å². The minimum absolute atomic E-state index is 0.0190. The Morgan fingerprint density at radius 1 is 1.18 bits per heavy atom. The fraction of sp³-hybridized carbons (Fsp3) is 0.235. The van der Waals surface area contributed by atoms with E-state index in [0.29, 0.717) is 16.7 Å². The summed E-state index contributed by atoms with van der Waals surface area (Å²) in [5, 5.41) is 20.4. The lowest BCUT2D eigenvalue weighted by Gasteiger charge is -2.13. The van der Waals surface area contributed by atoms with E-state index in [1.54, 1.807) is 31.2 Å². The summed E-state index contributed by atoms with van der Waals surface area (Å²) >= 11 is 0. The van der Waals surface area contributed by atoms with Gasteiger partial charge in [-0.1, -0.05) is 42.0 Å². The summed E-state index contributed by atoms with van der Waals surface area (Å²) in [6, 6.07) is 12.2. The molecule has 0 fully saturated rings. The van der Waals surface area contributed by atoms with Crippen LogP contribution in [0.15, 0.2) is 42.5 Å². The summed E-state index contributed by atoms with van der Waals surface area (Å²) in [6.07, 6.45) is 0.222. The first-order valence-electron chi connectivity index (χ1n) is 6.92. The smallest absolute Gasteiger partial charge is 0.311 e. The van der Waals surface area contributed by atoms with Gasteiger partial charge in [-0.2, -0.15) is 0 Å². The van der Waals surface area contributed by atoms with Crippen LogP contribution in [0.3, 0.4) is 0 Å². The number of nitro benzene ring substituents is 1. The van der Waals surface area contributed by atoms with Crippen molar-refractivity contribution in [3.8, 4) is 0 Å². The van der Waals surface area contributed by atoms with Gasteiger partial charge < -0.3 is 5.11 Å². The monoisotopic (exact) mass is 299 g/mol. The zero-order valence-electron chi connectivity index (χ0n) is 12.4. The minimum Gasteiger partial charge on any atom is -0.481 e. The molecule has 1 atom stereocenters. The van der Waals surface area contributed by atoms with Crippen LogP contribution in [0.2, 0.25) is 0 Å². The van der Waals surface area contributed by atoms with E-state index in [9.17, 15) is 20.0 Å². The summed E-state index contributed by atoms with van der Waals surface area (Å²) in [7, 11) is 0. The third kappa shape index (κ3) is 3.49. The standard InChI is InChI=1S/C17H17NO4/c1-11-3-7-14(8-4-11)15(17(19)20)9-13-6-5-12(2)16(10-13)18(21)22/h3-8,10,15H,9H2,1-2H3,(H,19,20). The van der Waals surface area contributed by atoms with E-state index in [2.05, 4.69) is 0 Å². The Morgan fingerprint density at radius 3 is 2.36 bits per heavy atom. The molecule has 2 aromatic rings. The molecule has 0 amide bonds. The van der Waals surface area contributed by atoms with Crippen LogP contribution in [0.4, 0.5) is 5.69 Å². The highest BCUT2D eigenvalue weighted by atomic mass is 16.6. The van der Waals surface area contributed by atoms with Gasteiger partial charge in [-0.05, 0) is 31.4 Å². The van der Waals surface area contributed by atoms with Crippen LogP contribution in [-0.4, -0.2) is 16.0 Å². The predicted molar refractivity (Wildman–Crippen MR) is 83.1 cm³/mol. The number of nitrogens with zero attached hydrogens (tertiary/aromatic N) is 1. The number of nitro groups is 1. The molecule has 1 N–H and O–H groups in total. The maximum absolute atomic E-state index is 11.5. The van der Waals surface area contributed by atoms with Crippen molar-refractivity contribution < 1.29 is 14.8 Å². The first kappa shape index (κ1) is 15.7. The third-order valence-electron chi connectivity index (χ3n) is 3.69. The molecule has 114 valence electrons. The SMILES string of the molecule is Cc1ccc(C(Cc2ccc(C)c([N+](=O)[O-])c2)C(=O)O)cc1. The van der Waals surface area contributed by atoms with Crippen molar-refractivity contribution in [3.05, 3.63) is 74.8 Å². The number of benzene rings is 2. The Kier molecular flexibility index (Phi) is 4.56. The van der Waals surface area contributed by atoms with E-state index in [4.69, 9.17) is 0 Å². The second kappa shape index (κ2) is 6.39. The number of carbonyl (C=O) groups is 1. The van der Waals surface area contributed by atoms with Gasteiger partial charge in [0, 0.05) is 11.6 Å². The van der Waals surface area contributed by atoms with Crippen LogP contribution in [0, 0.1) is 24.0 Å². The quantitative estimate of drug-likeness (QED) is 0.675. The van der Waals surface area contributed by atoms with Gasteiger partial charge in [-0.25, -0.2) is 0 Å². The maximum Gasteiger partial charge on any atom is 0.311 e. The molecule has 0 radical (unpaired) electrons. The maximum atomic E-state index is 11.5. The number of carboxylic acid groups (broad SMARTS) is 1. The molecule has 0 saturated heterocycles. The number of rotatable bonds is 5. The van der Waals surface area contributed by atoms with Crippen molar-refractivity contribution >= 4 is 11.7 Å². The topological polar surface area (TPSA) is 80.4 Å². The molecule has 0 aliphatic carbocycles. The molecular weight excluding hydrogens is 282 g/mol. The van der Waals surface area contributed by atoms with Crippen LogP contribution in [0.1, 0.15) is 28.2 Å². The van der Waals surface area contributed by atoms with Gasteiger partial charge in [-0.15, -0.1) is 0 Å². The normalized spacial score (nSPS) is 11.9. The van der Waals surface area contributed by atoms with Gasteiger partial charge in [0.15, 0.2) is 0 Å².